The predicted molar refractivity (Wildman–Crippen MR) is 123 cm³/mol. The van der Waals surface area contributed by atoms with Gasteiger partial charge >= 0.3 is 0 Å². The normalized spacial score (nSPS) is 18.4. The van der Waals surface area contributed by atoms with E-state index >= 15 is 0 Å². The van der Waals surface area contributed by atoms with Crippen molar-refractivity contribution in [1.29, 1.82) is 0 Å². The fraction of sp³-hybridized carbons (Fsp3) is 0.304. The Kier molecular flexibility index (Phi) is 6.07. The molecule has 32 heavy (non-hydrogen) atoms. The third-order valence-corrected chi connectivity index (χ3v) is 5.17. The van der Waals surface area contributed by atoms with Gasteiger partial charge in [-0.15, -0.1) is 0 Å². The number of hydrogen-bond donors (Lipinski definition) is 2. The van der Waals surface area contributed by atoms with Gasteiger partial charge in [0.15, 0.2) is 11.7 Å². The fourth-order valence-electron chi connectivity index (χ4n) is 3.47. The number of hydrogen-bond acceptors (Lipinski definition) is 7. The lowest BCUT2D eigenvalue weighted by Gasteiger charge is -2.12. The van der Waals surface area contributed by atoms with Crippen LogP contribution in [-0.2, 0) is 16.6 Å². The third-order valence-electron chi connectivity index (χ3n) is 5.17. The van der Waals surface area contributed by atoms with E-state index in [1.807, 2.05) is 38.3 Å². The molecule has 0 atom stereocenters. The van der Waals surface area contributed by atoms with Gasteiger partial charge in [0.1, 0.15) is 0 Å². The molecule has 3 N–H and O–H groups in total. The second-order valence-corrected chi connectivity index (χ2v) is 7.62. The highest BCUT2D eigenvalue weighted by molar-refractivity contribution is 6.03. The van der Waals surface area contributed by atoms with Crippen LogP contribution in [0.15, 0.2) is 46.9 Å². The van der Waals surface area contributed by atoms with Crippen molar-refractivity contribution in [2.75, 3.05) is 19.8 Å². The summed E-state index contributed by atoms with van der Waals surface area (Å²) in [5.74, 6) is 0.909. The second-order valence-electron chi connectivity index (χ2n) is 7.62. The highest BCUT2D eigenvalue weighted by Gasteiger charge is 2.15. The van der Waals surface area contributed by atoms with Gasteiger partial charge in [-0.25, -0.2) is 4.68 Å². The van der Waals surface area contributed by atoms with Crippen molar-refractivity contribution < 1.29 is 14.3 Å². The van der Waals surface area contributed by atoms with Gasteiger partial charge in [0.2, 0.25) is 5.88 Å². The largest absolute Gasteiger partial charge is 0.479 e. The summed E-state index contributed by atoms with van der Waals surface area (Å²) in [6.07, 6.45) is 6.15. The number of ketones is 1. The van der Waals surface area contributed by atoms with Crippen molar-refractivity contribution in [3.8, 4) is 17.0 Å². The number of benzene rings is 1. The van der Waals surface area contributed by atoms with E-state index in [0.717, 1.165) is 27.7 Å². The maximum absolute atomic E-state index is 11.4. The van der Waals surface area contributed by atoms with Crippen LogP contribution in [0.2, 0.25) is 0 Å². The zero-order valence-corrected chi connectivity index (χ0v) is 18.4. The summed E-state index contributed by atoms with van der Waals surface area (Å²) >= 11 is 0. The molecule has 1 aromatic carbocycles. The van der Waals surface area contributed by atoms with Gasteiger partial charge in [0.05, 0.1) is 48.3 Å². The van der Waals surface area contributed by atoms with E-state index in [1.165, 1.54) is 6.92 Å². The standard InChI is InChI=1S/C23H26N6O3/c1-14(30)12-25-15(2)17-6-8-21-18-11-16(5-7-20(18)27-28-21)19-13-26-29(3)23(19)32-10-4-9-31-22(17)24/h5-8,11,13H,4,9-10,12,24H2,1-3H3,(H,27,28)/b8-6+,22-17+,25-15?. The van der Waals surface area contributed by atoms with Crippen LogP contribution in [-0.4, -0.2) is 51.2 Å². The third kappa shape index (κ3) is 4.41. The van der Waals surface area contributed by atoms with Crippen molar-refractivity contribution in [2.45, 2.75) is 20.3 Å². The lowest BCUT2D eigenvalue weighted by molar-refractivity contribution is -0.115. The van der Waals surface area contributed by atoms with E-state index in [0.29, 0.717) is 36.8 Å². The Balaban J connectivity index is 1.81. The van der Waals surface area contributed by atoms with Crippen LogP contribution in [0.5, 0.6) is 5.88 Å². The predicted octanol–water partition coefficient (Wildman–Crippen LogP) is 3.00. The molecule has 0 spiro atoms. The van der Waals surface area contributed by atoms with Gasteiger partial charge in [-0.2, -0.15) is 10.2 Å². The quantitative estimate of drug-likeness (QED) is 0.612. The van der Waals surface area contributed by atoms with Crippen molar-refractivity contribution in [3.05, 3.63) is 47.6 Å². The number of allylic oxidation sites excluding steroid dienone is 2. The maximum atomic E-state index is 11.4. The van der Waals surface area contributed by atoms with E-state index in [1.54, 1.807) is 10.9 Å². The van der Waals surface area contributed by atoms with E-state index in [2.05, 4.69) is 26.4 Å². The number of aromatic nitrogens is 4. The summed E-state index contributed by atoms with van der Waals surface area (Å²) in [5, 5.41) is 12.8. The molecule has 1 aliphatic rings. The number of nitrogens with two attached hydrogens (primary N) is 1. The number of rotatable bonds is 3. The summed E-state index contributed by atoms with van der Waals surface area (Å²) in [6, 6.07) is 6.02. The van der Waals surface area contributed by atoms with E-state index in [-0.39, 0.29) is 18.2 Å². The molecule has 4 rings (SSSR count). The Bertz CT molecular complexity index is 1250. The second kappa shape index (κ2) is 9.09. The number of aromatic amines is 1. The van der Waals surface area contributed by atoms with Crippen LogP contribution in [0.4, 0.5) is 0 Å². The Hall–Kier alpha value is -3.88. The van der Waals surface area contributed by atoms with Crippen LogP contribution >= 0.6 is 0 Å². The zero-order valence-electron chi connectivity index (χ0n) is 18.4. The van der Waals surface area contributed by atoms with Crippen LogP contribution in [0.25, 0.3) is 28.1 Å². The Morgan fingerprint density at radius 3 is 2.88 bits per heavy atom. The van der Waals surface area contributed by atoms with Crippen LogP contribution in [0.3, 0.4) is 0 Å². The number of nitrogens with one attached hydrogen (secondary N) is 1. The van der Waals surface area contributed by atoms with E-state index in [4.69, 9.17) is 15.2 Å². The Morgan fingerprint density at radius 1 is 1.25 bits per heavy atom. The van der Waals surface area contributed by atoms with Crippen molar-refractivity contribution in [3.63, 3.8) is 0 Å². The molecule has 0 saturated carbocycles. The molecular formula is C23H26N6O3. The summed E-state index contributed by atoms with van der Waals surface area (Å²) in [5.41, 5.74) is 11.0. The van der Waals surface area contributed by atoms with Gasteiger partial charge < -0.3 is 15.2 Å². The summed E-state index contributed by atoms with van der Waals surface area (Å²) in [7, 11) is 1.85. The SMILES string of the molecule is CC(=O)CN=C(C)C1=C(\N)OCCCOc2c(cnn2C)-c2ccc3n[nH]c(c3c2)\C=C\1. The highest BCUT2D eigenvalue weighted by Crippen LogP contribution is 2.32. The summed E-state index contributed by atoms with van der Waals surface area (Å²) < 4.78 is 13.5. The molecule has 166 valence electrons. The molecule has 0 amide bonds. The van der Waals surface area contributed by atoms with Crippen molar-refractivity contribution >= 4 is 28.5 Å². The molecule has 9 heteroatoms. The average molecular weight is 435 g/mol. The molecule has 1 aliphatic heterocycles. The maximum Gasteiger partial charge on any atom is 0.219 e. The fourth-order valence-corrected chi connectivity index (χ4v) is 3.47. The lowest BCUT2D eigenvalue weighted by Crippen LogP contribution is -2.14. The molecule has 0 aliphatic carbocycles. The molecule has 2 aromatic heterocycles. The Morgan fingerprint density at radius 2 is 2.06 bits per heavy atom. The average Bonchev–Trinajstić information content (AvgIpc) is 3.34. The Labute approximate surface area is 185 Å². The van der Waals surface area contributed by atoms with Crippen molar-refractivity contribution in [1.82, 2.24) is 20.0 Å². The first kappa shape index (κ1) is 21.4. The molecular weight excluding hydrogens is 408 g/mol. The van der Waals surface area contributed by atoms with Gasteiger partial charge in [-0.3, -0.25) is 14.9 Å². The first-order chi connectivity index (χ1) is 15.4. The topological polar surface area (TPSA) is 120 Å². The highest BCUT2D eigenvalue weighted by atomic mass is 16.5. The zero-order chi connectivity index (χ0) is 22.7. The minimum absolute atomic E-state index is 0.0242. The molecule has 0 saturated heterocycles. The number of Topliss-reactive ketones (excluding diaryl/α,β-unsaturated/α-hetero) is 1. The number of nitrogens with zero attached hydrogens (tertiary/aromatic N) is 4. The van der Waals surface area contributed by atoms with Crippen molar-refractivity contribution in [2.24, 2.45) is 17.8 Å². The smallest absolute Gasteiger partial charge is 0.219 e. The first-order valence-electron chi connectivity index (χ1n) is 10.4. The number of H-pyrrole nitrogens is 1. The number of carbonyl (C=O) groups is 1. The molecule has 3 heterocycles. The van der Waals surface area contributed by atoms with Gasteiger partial charge in [0.25, 0.3) is 0 Å². The van der Waals surface area contributed by atoms with Crippen LogP contribution in [0, 0.1) is 0 Å². The van der Waals surface area contributed by atoms with E-state index in [9.17, 15) is 4.79 Å². The molecule has 9 nitrogen and oxygen atoms in total. The van der Waals surface area contributed by atoms with E-state index < -0.39 is 0 Å². The number of aliphatic imine (C=N–C) groups is 1. The first-order valence-corrected chi connectivity index (χ1v) is 10.4. The molecule has 2 bridgehead atoms. The molecule has 0 radical (unpaired) electrons. The minimum Gasteiger partial charge on any atom is -0.479 e. The summed E-state index contributed by atoms with van der Waals surface area (Å²) in [4.78, 5) is 15.7. The minimum atomic E-state index is -0.0242. The van der Waals surface area contributed by atoms with Crippen LogP contribution < -0.4 is 10.5 Å². The van der Waals surface area contributed by atoms with Gasteiger partial charge in [0, 0.05) is 24.6 Å². The lowest BCUT2D eigenvalue weighted by atomic mass is 10.0. The van der Waals surface area contributed by atoms with Crippen LogP contribution in [0.1, 0.15) is 26.0 Å². The molecule has 3 aromatic rings. The molecule has 0 unspecified atom stereocenters. The molecule has 0 fully saturated rings. The van der Waals surface area contributed by atoms with Gasteiger partial charge in [-0.1, -0.05) is 6.07 Å². The monoisotopic (exact) mass is 434 g/mol. The number of carbonyl (C=O) groups excluding carboxylic acids is 1. The number of fused-ring (bicyclic) bond motifs is 3. The number of ether oxygens (including phenoxy) is 2. The van der Waals surface area contributed by atoms with Gasteiger partial charge in [-0.05, 0) is 43.7 Å². The summed E-state index contributed by atoms with van der Waals surface area (Å²) in [6.45, 7) is 4.22. The number of aryl methyl sites for hydroxylation is 1.